The van der Waals surface area contributed by atoms with Crippen molar-refractivity contribution in [3.8, 4) is 11.1 Å². The number of aliphatic imine (C=N–C) groups is 2. The third kappa shape index (κ3) is 6.01. The van der Waals surface area contributed by atoms with Gasteiger partial charge in [-0.2, -0.15) is 0 Å². The van der Waals surface area contributed by atoms with Gasteiger partial charge in [-0.15, -0.1) is 0 Å². The lowest BCUT2D eigenvalue weighted by Crippen LogP contribution is -2.38. The third-order valence-electron chi connectivity index (χ3n) is 8.12. The van der Waals surface area contributed by atoms with Gasteiger partial charge in [-0.25, -0.2) is 9.98 Å². The lowest BCUT2D eigenvalue weighted by molar-refractivity contribution is 0.444. The average molecular weight is 552 g/mol. The van der Waals surface area contributed by atoms with E-state index in [0.29, 0.717) is 12.6 Å². The predicted octanol–water partition coefficient (Wildman–Crippen LogP) is 7.98. The normalized spacial score (nSPS) is 13.8. The molecule has 5 aromatic carbocycles. The number of benzene rings is 5. The minimum atomic E-state index is -2.08. The summed E-state index contributed by atoms with van der Waals surface area (Å²) in [7, 11) is -2.08. The van der Waals surface area contributed by atoms with Crippen molar-refractivity contribution >= 4 is 34.5 Å². The maximum Gasteiger partial charge on any atom is 0.144 e. The molecule has 0 aliphatic heterocycles. The zero-order valence-electron chi connectivity index (χ0n) is 23.4. The monoisotopic (exact) mass is 551 g/mol. The highest BCUT2D eigenvalue weighted by Gasteiger charge is 2.47. The van der Waals surface area contributed by atoms with E-state index < -0.39 is 7.26 Å². The van der Waals surface area contributed by atoms with Gasteiger partial charge in [0.15, 0.2) is 0 Å². The van der Waals surface area contributed by atoms with Gasteiger partial charge < -0.3 is 0 Å². The van der Waals surface area contributed by atoms with Gasteiger partial charge in [-0.1, -0.05) is 110 Å². The Labute approximate surface area is 244 Å². The fourth-order valence-corrected chi connectivity index (χ4v) is 10.2. The quantitative estimate of drug-likeness (QED) is 0.138. The summed E-state index contributed by atoms with van der Waals surface area (Å²) in [5.74, 6) is 0. The standard InChI is InChI=1S/C38H36N2P/c1-5-13-34(14-6-1)40-30-39-29-31-21-23-32(24-22-31)33-25-27-38(28-26-33)41(35-15-7-2-8-16-35,36-17-9-3-10-18-36)37-19-11-4-12-20-37/h2-4,7-12,15-28,34H,1,5-6,13-14,29H2/q+1. The second-order valence-corrected chi connectivity index (χ2v) is 14.2. The molecule has 1 fully saturated rings. The number of hydrogen-bond donors (Lipinski definition) is 0. The number of rotatable bonds is 8. The highest BCUT2D eigenvalue weighted by atomic mass is 31.2. The zero-order valence-corrected chi connectivity index (χ0v) is 24.3. The van der Waals surface area contributed by atoms with E-state index >= 15 is 0 Å². The molecule has 5 aromatic rings. The first-order valence-electron chi connectivity index (χ1n) is 14.7. The van der Waals surface area contributed by atoms with E-state index in [1.807, 2.05) is 0 Å². The van der Waals surface area contributed by atoms with Crippen LogP contribution in [0.1, 0.15) is 37.7 Å². The van der Waals surface area contributed by atoms with Crippen molar-refractivity contribution in [1.82, 2.24) is 0 Å². The van der Waals surface area contributed by atoms with Crippen LogP contribution in [0.3, 0.4) is 0 Å². The Balaban J connectivity index is 1.30. The average Bonchev–Trinajstić information content (AvgIpc) is 3.06. The molecule has 0 aromatic heterocycles. The molecule has 6 rings (SSSR count). The Morgan fingerprint density at radius 1 is 0.512 bits per heavy atom. The summed E-state index contributed by atoms with van der Waals surface area (Å²) >= 11 is 0. The summed E-state index contributed by atoms with van der Waals surface area (Å²) < 4.78 is 0. The summed E-state index contributed by atoms with van der Waals surface area (Å²) in [6, 6.07) is 54.4. The Hall–Kier alpha value is -4.09. The molecular formula is C38H36N2P+. The van der Waals surface area contributed by atoms with Crippen LogP contribution in [0.25, 0.3) is 11.1 Å². The SMILES string of the molecule is C(=NCc1ccc(-c2ccc([P+](c3ccccc3)(c3ccccc3)c3ccccc3)cc2)cc1)=NC1CCCCC1. The van der Waals surface area contributed by atoms with Gasteiger partial charge in [0.25, 0.3) is 0 Å². The smallest absolute Gasteiger partial charge is 0.144 e. The molecule has 0 heterocycles. The van der Waals surface area contributed by atoms with Crippen LogP contribution in [0.2, 0.25) is 0 Å². The van der Waals surface area contributed by atoms with Gasteiger partial charge in [0, 0.05) is 0 Å². The van der Waals surface area contributed by atoms with E-state index in [2.05, 4.69) is 156 Å². The molecule has 2 nitrogen and oxygen atoms in total. The van der Waals surface area contributed by atoms with Crippen molar-refractivity contribution < 1.29 is 0 Å². The molecule has 0 bridgehead atoms. The van der Waals surface area contributed by atoms with Gasteiger partial charge in [-0.3, -0.25) is 0 Å². The largest absolute Gasteiger partial charge is 0.222 e. The van der Waals surface area contributed by atoms with E-state index in [0.717, 1.165) is 0 Å². The minimum Gasteiger partial charge on any atom is -0.222 e. The molecule has 1 aliphatic carbocycles. The summed E-state index contributed by atoms with van der Waals surface area (Å²) in [4.78, 5) is 8.99. The maximum absolute atomic E-state index is 4.54. The van der Waals surface area contributed by atoms with Crippen molar-refractivity contribution in [1.29, 1.82) is 0 Å². The second-order valence-electron chi connectivity index (χ2n) is 10.8. The molecule has 0 radical (unpaired) electrons. The van der Waals surface area contributed by atoms with E-state index in [-0.39, 0.29) is 0 Å². The Bertz CT molecular complexity index is 1490. The fraction of sp³-hybridized carbons (Fsp3) is 0.184. The first-order chi connectivity index (χ1) is 20.3. The lowest BCUT2D eigenvalue weighted by atomic mass is 9.96. The molecule has 0 saturated heterocycles. The van der Waals surface area contributed by atoms with Crippen molar-refractivity contribution in [3.63, 3.8) is 0 Å². The van der Waals surface area contributed by atoms with Crippen molar-refractivity contribution in [2.24, 2.45) is 9.98 Å². The third-order valence-corrected chi connectivity index (χ3v) is 12.4. The highest BCUT2D eigenvalue weighted by molar-refractivity contribution is 8.01. The molecule has 41 heavy (non-hydrogen) atoms. The topological polar surface area (TPSA) is 24.7 Å². The number of nitrogens with zero attached hydrogens (tertiary/aromatic N) is 2. The highest BCUT2D eigenvalue weighted by Crippen LogP contribution is 2.54. The van der Waals surface area contributed by atoms with Crippen LogP contribution < -0.4 is 21.2 Å². The first kappa shape index (κ1) is 27.1. The minimum absolute atomic E-state index is 0.421. The second kappa shape index (κ2) is 13.0. The van der Waals surface area contributed by atoms with Gasteiger partial charge in [0.1, 0.15) is 28.5 Å². The van der Waals surface area contributed by atoms with E-state index in [1.54, 1.807) is 0 Å². The van der Waals surface area contributed by atoms with E-state index in [1.165, 1.54) is 70.0 Å². The lowest BCUT2D eigenvalue weighted by Gasteiger charge is -2.27. The number of hydrogen-bond acceptors (Lipinski definition) is 2. The molecule has 202 valence electrons. The van der Waals surface area contributed by atoms with Crippen molar-refractivity contribution in [2.75, 3.05) is 0 Å². The van der Waals surface area contributed by atoms with Gasteiger partial charge in [0.2, 0.25) is 0 Å². The molecular weight excluding hydrogens is 515 g/mol. The van der Waals surface area contributed by atoms with Gasteiger partial charge in [-0.05, 0) is 78.1 Å². The molecule has 0 N–H and O–H groups in total. The summed E-state index contributed by atoms with van der Waals surface area (Å²) in [5.41, 5.74) is 3.61. The fourth-order valence-electron chi connectivity index (χ4n) is 5.99. The zero-order chi connectivity index (χ0) is 27.7. The van der Waals surface area contributed by atoms with E-state index in [9.17, 15) is 0 Å². The molecule has 1 aliphatic rings. The summed E-state index contributed by atoms with van der Waals surface area (Å²) in [5, 5.41) is 5.44. The predicted molar refractivity (Wildman–Crippen MR) is 177 cm³/mol. The van der Waals surface area contributed by atoms with Crippen LogP contribution in [0.5, 0.6) is 0 Å². The summed E-state index contributed by atoms with van der Waals surface area (Å²) in [6.45, 7) is 0.619. The molecule has 0 spiro atoms. The molecule has 1 saturated carbocycles. The Morgan fingerprint density at radius 2 is 0.951 bits per heavy atom. The van der Waals surface area contributed by atoms with Crippen LogP contribution in [0, 0.1) is 0 Å². The van der Waals surface area contributed by atoms with Crippen LogP contribution in [-0.4, -0.2) is 12.1 Å². The molecule has 3 heteroatoms. The maximum atomic E-state index is 4.54. The van der Waals surface area contributed by atoms with Gasteiger partial charge >= 0.3 is 0 Å². The molecule has 0 atom stereocenters. The van der Waals surface area contributed by atoms with Crippen LogP contribution in [0.4, 0.5) is 0 Å². The summed E-state index contributed by atoms with van der Waals surface area (Å²) in [6.07, 6.45) is 6.27. The molecule has 0 unspecified atom stereocenters. The van der Waals surface area contributed by atoms with E-state index in [4.69, 9.17) is 0 Å². The Morgan fingerprint density at radius 3 is 1.44 bits per heavy atom. The van der Waals surface area contributed by atoms with Gasteiger partial charge in [0.05, 0.1) is 18.6 Å². The van der Waals surface area contributed by atoms with Crippen molar-refractivity contribution in [2.45, 2.75) is 44.7 Å². The van der Waals surface area contributed by atoms with Crippen LogP contribution >= 0.6 is 7.26 Å². The molecule has 0 amide bonds. The van der Waals surface area contributed by atoms with Crippen molar-refractivity contribution in [3.05, 3.63) is 145 Å². The van der Waals surface area contributed by atoms with Crippen LogP contribution in [0.15, 0.2) is 150 Å². The van der Waals surface area contributed by atoms with Crippen LogP contribution in [-0.2, 0) is 6.54 Å². The first-order valence-corrected chi connectivity index (χ1v) is 16.5. The Kier molecular flexibility index (Phi) is 8.63.